The van der Waals surface area contributed by atoms with Gasteiger partial charge in [-0.05, 0) is 76.4 Å². The van der Waals surface area contributed by atoms with Crippen LogP contribution in [0.1, 0.15) is 33.3 Å². The van der Waals surface area contributed by atoms with E-state index >= 15 is 0 Å². The van der Waals surface area contributed by atoms with Crippen LogP contribution in [0, 0.1) is 11.6 Å². The van der Waals surface area contributed by atoms with Crippen LogP contribution in [0.15, 0.2) is 78.2 Å². The number of thiophene rings is 1. The van der Waals surface area contributed by atoms with E-state index in [9.17, 15) is 18.7 Å². The molecule has 4 aromatic rings. The Hall–Kier alpha value is -3.59. The van der Waals surface area contributed by atoms with E-state index in [1.54, 1.807) is 13.2 Å². The number of nitrogens with one attached hydrogen (secondary N) is 2. The Balaban J connectivity index is 1.46. The van der Waals surface area contributed by atoms with Gasteiger partial charge in [-0.2, -0.15) is 0 Å². The number of methoxy groups -OCH3 is 1. The number of benzene rings is 3. The first-order valence-corrected chi connectivity index (χ1v) is 13.7. The largest absolute Gasteiger partial charge is 0.497 e. The Kier molecular flexibility index (Phi) is 9.81. The molecule has 0 unspecified atom stereocenters. The van der Waals surface area contributed by atoms with E-state index < -0.39 is 23.8 Å². The molecule has 4 rings (SSSR count). The van der Waals surface area contributed by atoms with Crippen LogP contribution in [0.2, 0.25) is 0 Å². The van der Waals surface area contributed by atoms with E-state index in [1.807, 2.05) is 41.8 Å². The summed E-state index contributed by atoms with van der Waals surface area (Å²) in [6, 6.07) is 19.9. The maximum atomic E-state index is 13.9. The lowest BCUT2D eigenvalue weighted by Crippen LogP contribution is -2.48. The minimum Gasteiger partial charge on any atom is -0.497 e. The first-order chi connectivity index (χ1) is 18.8. The van der Waals surface area contributed by atoms with Crippen LogP contribution in [0.5, 0.6) is 5.75 Å². The van der Waals surface area contributed by atoms with Crippen molar-refractivity contribution in [3.05, 3.63) is 111 Å². The van der Waals surface area contributed by atoms with Gasteiger partial charge >= 0.3 is 0 Å². The van der Waals surface area contributed by atoms with E-state index in [-0.39, 0.29) is 18.9 Å². The highest BCUT2D eigenvalue weighted by Crippen LogP contribution is 2.27. The third kappa shape index (κ3) is 7.95. The molecule has 0 spiro atoms. The lowest BCUT2D eigenvalue weighted by atomic mass is 10.00. The fraction of sp³-hybridized carbons (Fsp3) is 0.258. The van der Waals surface area contributed by atoms with Crippen molar-refractivity contribution in [3.8, 4) is 16.9 Å². The Morgan fingerprint density at radius 3 is 2.36 bits per heavy atom. The molecule has 0 aliphatic heterocycles. The molecule has 1 amide bonds. The van der Waals surface area contributed by atoms with Crippen LogP contribution in [0.3, 0.4) is 0 Å². The highest BCUT2D eigenvalue weighted by atomic mass is 32.1. The predicted octanol–water partition coefficient (Wildman–Crippen LogP) is 5.76. The van der Waals surface area contributed by atoms with E-state index in [1.165, 1.54) is 29.0 Å². The summed E-state index contributed by atoms with van der Waals surface area (Å²) in [7, 11) is 1.60. The highest BCUT2D eigenvalue weighted by Gasteiger charge is 2.24. The number of carbonyl (C=O) groups excluding carboxylic acids is 1. The number of rotatable bonds is 12. The molecule has 1 aromatic heterocycles. The number of ether oxygens (including phenoxy) is 1. The summed E-state index contributed by atoms with van der Waals surface area (Å²) in [4.78, 5) is 13.7. The fourth-order valence-corrected chi connectivity index (χ4v) is 5.18. The first kappa shape index (κ1) is 28.4. The summed E-state index contributed by atoms with van der Waals surface area (Å²) in [6.07, 6.45) is -0.0150. The van der Waals surface area contributed by atoms with Gasteiger partial charge in [0.2, 0.25) is 0 Å². The highest BCUT2D eigenvalue weighted by molar-refractivity contribution is 7.12. The van der Waals surface area contributed by atoms with Crippen LogP contribution < -0.4 is 15.4 Å². The maximum absolute atomic E-state index is 13.9. The number of aliphatic hydroxyl groups excluding tert-OH is 1. The summed E-state index contributed by atoms with van der Waals surface area (Å²) < 4.78 is 32.9. The topological polar surface area (TPSA) is 70.6 Å². The molecule has 2 atom stereocenters. The number of hydrogen-bond acceptors (Lipinski definition) is 5. The average Bonchev–Trinajstić information content (AvgIpc) is 3.43. The quantitative estimate of drug-likeness (QED) is 0.210. The molecule has 204 valence electrons. The molecular weight excluding hydrogens is 518 g/mol. The molecule has 1 heterocycles. The predicted molar refractivity (Wildman–Crippen MR) is 151 cm³/mol. The number of halogens is 2. The molecule has 39 heavy (non-hydrogen) atoms. The standard InChI is InChI=1S/C31H32F2N2O3S/c1-3-20-5-4-6-21(11-20)17-34-18-29(36)28(14-22-12-25(32)16-26(33)13-22)35-31(37)30-15-24(19-39-30)23-7-9-27(38-2)10-8-23/h4-13,15-16,19,28-29,34,36H,3,14,17-18H2,1-2H3,(H,35,37)/t28-,29+/m1/s1. The second-order valence-electron chi connectivity index (χ2n) is 9.36. The second-order valence-corrected chi connectivity index (χ2v) is 10.3. The van der Waals surface area contributed by atoms with E-state index in [2.05, 4.69) is 29.7 Å². The molecule has 0 saturated heterocycles. The zero-order valence-electron chi connectivity index (χ0n) is 21.9. The van der Waals surface area contributed by atoms with Crippen LogP contribution in [-0.4, -0.2) is 36.8 Å². The van der Waals surface area contributed by atoms with Crippen LogP contribution >= 0.6 is 11.3 Å². The summed E-state index contributed by atoms with van der Waals surface area (Å²) in [5.41, 5.74) is 4.47. The smallest absolute Gasteiger partial charge is 0.261 e. The van der Waals surface area contributed by atoms with Crippen molar-refractivity contribution in [1.29, 1.82) is 0 Å². The normalized spacial score (nSPS) is 12.6. The maximum Gasteiger partial charge on any atom is 0.261 e. The summed E-state index contributed by atoms with van der Waals surface area (Å²) in [5, 5.41) is 19.0. The molecule has 8 heteroatoms. The van der Waals surface area contributed by atoms with Gasteiger partial charge in [0.05, 0.1) is 24.1 Å². The molecule has 0 bridgehead atoms. The van der Waals surface area contributed by atoms with Crippen molar-refractivity contribution >= 4 is 17.2 Å². The zero-order chi connectivity index (χ0) is 27.8. The summed E-state index contributed by atoms with van der Waals surface area (Å²) in [5.74, 6) is -1.04. The number of amides is 1. The summed E-state index contributed by atoms with van der Waals surface area (Å²) >= 11 is 1.29. The van der Waals surface area contributed by atoms with Gasteiger partial charge in [-0.3, -0.25) is 4.79 Å². The van der Waals surface area contributed by atoms with Gasteiger partial charge in [0.15, 0.2) is 0 Å². The molecule has 0 aliphatic carbocycles. The van der Waals surface area contributed by atoms with E-state index in [0.717, 1.165) is 34.9 Å². The monoisotopic (exact) mass is 550 g/mol. The van der Waals surface area contributed by atoms with E-state index in [4.69, 9.17) is 4.74 Å². The van der Waals surface area contributed by atoms with Gasteiger partial charge in [-0.15, -0.1) is 11.3 Å². The Bertz CT molecular complexity index is 1370. The number of hydrogen-bond donors (Lipinski definition) is 3. The lowest BCUT2D eigenvalue weighted by molar-refractivity contribution is 0.0833. The van der Waals surface area contributed by atoms with Crippen LogP contribution in [0.25, 0.3) is 11.1 Å². The van der Waals surface area contributed by atoms with Crippen LogP contribution in [-0.2, 0) is 19.4 Å². The van der Waals surface area contributed by atoms with Gasteiger partial charge in [0.1, 0.15) is 17.4 Å². The summed E-state index contributed by atoms with van der Waals surface area (Å²) in [6.45, 7) is 2.81. The minimum atomic E-state index is -1.00. The molecule has 3 N–H and O–H groups in total. The lowest BCUT2D eigenvalue weighted by Gasteiger charge is -2.25. The molecule has 5 nitrogen and oxygen atoms in total. The van der Waals surface area contributed by atoms with Gasteiger partial charge in [0, 0.05) is 19.2 Å². The van der Waals surface area contributed by atoms with E-state index in [0.29, 0.717) is 17.0 Å². The minimum absolute atomic E-state index is 0.0608. The van der Waals surface area contributed by atoms with Crippen molar-refractivity contribution < 1.29 is 23.4 Å². The number of aliphatic hydroxyl groups is 1. The second kappa shape index (κ2) is 13.5. The SMILES string of the molecule is CCc1cccc(CNC[C@H](O)[C@@H](Cc2cc(F)cc(F)c2)NC(=O)c2cc(-c3ccc(OC)cc3)cs2)c1. The van der Waals surface area contributed by atoms with Gasteiger partial charge in [-0.1, -0.05) is 43.3 Å². The Morgan fingerprint density at radius 1 is 0.949 bits per heavy atom. The zero-order valence-corrected chi connectivity index (χ0v) is 22.7. The molecular formula is C31H32F2N2O3S. The Labute approximate surface area is 231 Å². The molecule has 0 fully saturated rings. The van der Waals surface area contributed by atoms with Crippen molar-refractivity contribution in [2.45, 2.75) is 38.5 Å². The molecule has 0 aliphatic rings. The number of carbonyl (C=O) groups is 1. The average molecular weight is 551 g/mol. The molecule has 0 saturated carbocycles. The number of aryl methyl sites for hydroxylation is 1. The Morgan fingerprint density at radius 2 is 1.67 bits per heavy atom. The third-order valence-electron chi connectivity index (χ3n) is 6.49. The first-order valence-electron chi connectivity index (χ1n) is 12.8. The van der Waals surface area contributed by atoms with Crippen LogP contribution in [0.4, 0.5) is 8.78 Å². The molecule has 3 aromatic carbocycles. The van der Waals surface area contributed by atoms with Crippen molar-refractivity contribution in [2.75, 3.05) is 13.7 Å². The van der Waals surface area contributed by atoms with Crippen molar-refractivity contribution in [3.63, 3.8) is 0 Å². The van der Waals surface area contributed by atoms with Gasteiger partial charge in [0.25, 0.3) is 5.91 Å². The van der Waals surface area contributed by atoms with Crippen molar-refractivity contribution in [2.24, 2.45) is 0 Å². The van der Waals surface area contributed by atoms with Gasteiger partial charge in [-0.25, -0.2) is 8.78 Å². The third-order valence-corrected chi connectivity index (χ3v) is 7.42. The fourth-order valence-electron chi connectivity index (χ4n) is 4.36. The van der Waals surface area contributed by atoms with Gasteiger partial charge < -0.3 is 20.5 Å². The van der Waals surface area contributed by atoms with Crippen molar-refractivity contribution in [1.82, 2.24) is 10.6 Å². The molecule has 0 radical (unpaired) electrons.